The third kappa shape index (κ3) is 2.76. The van der Waals surface area contributed by atoms with E-state index in [0.29, 0.717) is 18.6 Å². The summed E-state index contributed by atoms with van der Waals surface area (Å²) >= 11 is 0. The van der Waals surface area contributed by atoms with Crippen LogP contribution in [0.25, 0.3) is 0 Å². The molecule has 1 aliphatic carbocycles. The molecule has 0 bridgehead atoms. The highest BCUT2D eigenvalue weighted by Gasteiger charge is 2.43. The molecule has 0 radical (unpaired) electrons. The molecule has 0 amide bonds. The van der Waals surface area contributed by atoms with Crippen molar-refractivity contribution in [2.45, 2.75) is 51.0 Å². The van der Waals surface area contributed by atoms with Crippen LogP contribution in [-0.2, 0) is 4.74 Å². The van der Waals surface area contributed by atoms with Crippen molar-refractivity contribution in [3.63, 3.8) is 0 Å². The highest BCUT2D eigenvalue weighted by atomic mass is 16.5. The maximum Gasteiger partial charge on any atom is 0.0576 e. The second-order valence-electron chi connectivity index (χ2n) is 5.53. The van der Waals surface area contributed by atoms with Crippen LogP contribution < -0.4 is 5.73 Å². The smallest absolute Gasteiger partial charge is 0.0576 e. The Balaban J connectivity index is 1.72. The number of hydrogen-bond acceptors (Lipinski definition) is 3. The van der Waals surface area contributed by atoms with E-state index >= 15 is 0 Å². The Morgan fingerprint density at radius 2 is 2.12 bits per heavy atom. The van der Waals surface area contributed by atoms with Gasteiger partial charge >= 0.3 is 0 Å². The van der Waals surface area contributed by atoms with Crippen LogP contribution in [0.2, 0.25) is 0 Å². The van der Waals surface area contributed by atoms with Crippen molar-refractivity contribution in [1.29, 1.82) is 0 Å². The maximum absolute atomic E-state index is 9.57. The summed E-state index contributed by atoms with van der Waals surface area (Å²) in [5.41, 5.74) is 5.89. The van der Waals surface area contributed by atoms with Gasteiger partial charge in [0.25, 0.3) is 0 Å². The van der Waals surface area contributed by atoms with E-state index in [-0.39, 0.29) is 12.0 Å². The second-order valence-corrected chi connectivity index (χ2v) is 5.53. The van der Waals surface area contributed by atoms with E-state index in [0.717, 1.165) is 25.9 Å². The number of aliphatic hydroxyl groups is 1. The van der Waals surface area contributed by atoms with Gasteiger partial charge in [0.15, 0.2) is 0 Å². The van der Waals surface area contributed by atoms with Gasteiger partial charge in [-0.1, -0.05) is 6.42 Å². The van der Waals surface area contributed by atoms with Gasteiger partial charge in [-0.2, -0.15) is 0 Å². The minimum Gasteiger partial charge on any atom is -0.396 e. The molecule has 1 saturated carbocycles. The Labute approximate surface area is 98.4 Å². The van der Waals surface area contributed by atoms with Crippen LogP contribution in [0, 0.1) is 11.3 Å². The lowest BCUT2D eigenvalue weighted by Gasteiger charge is -2.31. The van der Waals surface area contributed by atoms with Crippen LogP contribution in [0.15, 0.2) is 0 Å². The van der Waals surface area contributed by atoms with Gasteiger partial charge in [0.2, 0.25) is 0 Å². The van der Waals surface area contributed by atoms with Gasteiger partial charge in [-0.3, -0.25) is 0 Å². The Bertz CT molecular complexity index is 206. The number of nitrogens with two attached hydrogens (primary N) is 1. The Morgan fingerprint density at radius 3 is 2.62 bits per heavy atom. The van der Waals surface area contributed by atoms with Gasteiger partial charge in [-0.15, -0.1) is 0 Å². The predicted molar refractivity (Wildman–Crippen MR) is 64.1 cm³/mol. The third-order valence-electron chi connectivity index (χ3n) is 4.39. The van der Waals surface area contributed by atoms with Crippen molar-refractivity contribution < 1.29 is 9.84 Å². The number of hydrogen-bond donors (Lipinski definition) is 2. The van der Waals surface area contributed by atoms with E-state index in [4.69, 9.17) is 10.5 Å². The summed E-state index contributed by atoms with van der Waals surface area (Å²) in [6, 6.07) is 0. The average molecular weight is 227 g/mol. The SMILES string of the molecule is NCC(CO)(CCCC1CCCO1)C1CC1. The van der Waals surface area contributed by atoms with Crippen LogP contribution in [0.4, 0.5) is 0 Å². The Morgan fingerprint density at radius 1 is 1.31 bits per heavy atom. The minimum absolute atomic E-state index is 0.0264. The Kier molecular flexibility index (Phi) is 4.22. The lowest BCUT2D eigenvalue weighted by molar-refractivity contribution is 0.0756. The zero-order valence-corrected chi connectivity index (χ0v) is 10.2. The molecular weight excluding hydrogens is 202 g/mol. The first kappa shape index (κ1) is 12.3. The quantitative estimate of drug-likeness (QED) is 0.696. The molecule has 16 heavy (non-hydrogen) atoms. The topological polar surface area (TPSA) is 55.5 Å². The van der Waals surface area contributed by atoms with Crippen LogP contribution >= 0.6 is 0 Å². The molecule has 0 aromatic carbocycles. The van der Waals surface area contributed by atoms with Crippen molar-refractivity contribution in [3.05, 3.63) is 0 Å². The maximum atomic E-state index is 9.57. The zero-order valence-electron chi connectivity index (χ0n) is 10.2. The summed E-state index contributed by atoms with van der Waals surface area (Å²) in [6.45, 7) is 1.84. The van der Waals surface area contributed by atoms with E-state index < -0.39 is 0 Å². The van der Waals surface area contributed by atoms with E-state index in [1.807, 2.05) is 0 Å². The molecule has 2 fully saturated rings. The highest BCUT2D eigenvalue weighted by Crippen LogP contribution is 2.47. The minimum atomic E-state index is 0.0264. The summed E-state index contributed by atoms with van der Waals surface area (Å²) in [5, 5.41) is 9.57. The number of ether oxygens (including phenoxy) is 1. The van der Waals surface area contributed by atoms with Crippen molar-refractivity contribution in [3.8, 4) is 0 Å². The van der Waals surface area contributed by atoms with Gasteiger partial charge < -0.3 is 15.6 Å². The molecule has 3 heteroatoms. The molecule has 2 rings (SSSR count). The van der Waals surface area contributed by atoms with E-state index in [9.17, 15) is 5.11 Å². The molecule has 2 aliphatic rings. The lowest BCUT2D eigenvalue weighted by Crippen LogP contribution is -2.36. The second kappa shape index (κ2) is 5.48. The largest absolute Gasteiger partial charge is 0.396 e. The molecule has 2 unspecified atom stereocenters. The number of aliphatic hydroxyl groups excluding tert-OH is 1. The molecule has 1 aliphatic heterocycles. The first-order valence-electron chi connectivity index (χ1n) is 6.73. The van der Waals surface area contributed by atoms with Crippen molar-refractivity contribution in [2.24, 2.45) is 17.1 Å². The molecular formula is C13H25NO2. The molecule has 94 valence electrons. The predicted octanol–water partition coefficient (Wildman–Crippen LogP) is 1.68. The van der Waals surface area contributed by atoms with E-state index in [2.05, 4.69) is 0 Å². The first-order chi connectivity index (χ1) is 7.80. The van der Waals surface area contributed by atoms with Gasteiger partial charge in [0.1, 0.15) is 0 Å². The van der Waals surface area contributed by atoms with Gasteiger partial charge in [0.05, 0.1) is 12.7 Å². The standard InChI is InChI=1S/C13H25NO2/c14-9-13(10-15,11-5-6-11)7-1-3-12-4-2-8-16-12/h11-12,15H,1-10,14H2. The first-order valence-corrected chi connectivity index (χ1v) is 6.73. The van der Waals surface area contributed by atoms with Crippen molar-refractivity contribution in [1.82, 2.24) is 0 Å². The van der Waals surface area contributed by atoms with Crippen LogP contribution in [-0.4, -0.2) is 31.0 Å². The van der Waals surface area contributed by atoms with Crippen LogP contribution in [0.5, 0.6) is 0 Å². The molecule has 3 nitrogen and oxygen atoms in total. The van der Waals surface area contributed by atoms with E-state index in [1.54, 1.807) is 0 Å². The van der Waals surface area contributed by atoms with Gasteiger partial charge in [-0.05, 0) is 44.4 Å². The summed E-state index contributed by atoms with van der Waals surface area (Å²) < 4.78 is 5.62. The monoisotopic (exact) mass is 227 g/mol. The van der Waals surface area contributed by atoms with Crippen LogP contribution in [0.1, 0.15) is 44.9 Å². The molecule has 3 N–H and O–H groups in total. The summed E-state index contributed by atoms with van der Waals surface area (Å²) in [4.78, 5) is 0. The molecule has 0 aromatic heterocycles. The van der Waals surface area contributed by atoms with Crippen LogP contribution in [0.3, 0.4) is 0 Å². The fraction of sp³-hybridized carbons (Fsp3) is 1.00. The van der Waals surface area contributed by atoms with Crippen molar-refractivity contribution in [2.75, 3.05) is 19.8 Å². The van der Waals surface area contributed by atoms with Gasteiger partial charge in [0, 0.05) is 18.6 Å². The van der Waals surface area contributed by atoms with E-state index in [1.165, 1.54) is 25.7 Å². The Hall–Kier alpha value is -0.120. The average Bonchev–Trinajstić information content (AvgIpc) is 3.04. The number of rotatable bonds is 7. The molecule has 1 saturated heterocycles. The fourth-order valence-electron chi connectivity index (χ4n) is 3.00. The van der Waals surface area contributed by atoms with Gasteiger partial charge in [-0.25, -0.2) is 0 Å². The fourth-order valence-corrected chi connectivity index (χ4v) is 3.00. The molecule has 0 aromatic rings. The molecule has 0 spiro atoms. The summed E-state index contributed by atoms with van der Waals surface area (Å²) in [6.07, 6.45) is 8.81. The molecule has 1 heterocycles. The summed E-state index contributed by atoms with van der Waals surface area (Å²) in [5.74, 6) is 0.687. The third-order valence-corrected chi connectivity index (χ3v) is 4.39. The highest BCUT2D eigenvalue weighted by molar-refractivity contribution is 4.94. The van der Waals surface area contributed by atoms with Crippen molar-refractivity contribution >= 4 is 0 Å². The molecule has 2 atom stereocenters. The normalized spacial score (nSPS) is 29.2. The zero-order chi connectivity index (χ0) is 11.4. The summed E-state index contributed by atoms with van der Waals surface area (Å²) in [7, 11) is 0. The lowest BCUT2D eigenvalue weighted by atomic mass is 9.78.